The van der Waals surface area contributed by atoms with Gasteiger partial charge in [-0.1, -0.05) is 50.2 Å². The maximum Gasteiger partial charge on any atom is 0.162 e. The topological polar surface area (TPSA) is 59.5 Å². The number of hydrogen-bond donors (Lipinski definition) is 1. The monoisotopic (exact) mass is 444 g/mol. The summed E-state index contributed by atoms with van der Waals surface area (Å²) in [6.07, 6.45) is 1.03. The minimum absolute atomic E-state index is 0.653. The van der Waals surface area contributed by atoms with E-state index in [1.54, 1.807) is 14.2 Å². The van der Waals surface area contributed by atoms with E-state index < -0.39 is 0 Å². The molecule has 172 valence electrons. The minimum atomic E-state index is 0.653. The van der Waals surface area contributed by atoms with Gasteiger partial charge >= 0.3 is 0 Å². The first kappa shape index (κ1) is 22.8. The van der Waals surface area contributed by atoms with Gasteiger partial charge in [0.25, 0.3) is 0 Å². The number of rotatable bonds is 10. The van der Waals surface area contributed by atoms with Gasteiger partial charge in [-0.05, 0) is 49.0 Å². The van der Waals surface area contributed by atoms with Crippen molar-refractivity contribution < 1.29 is 9.47 Å². The fourth-order valence-corrected chi connectivity index (χ4v) is 4.10. The van der Waals surface area contributed by atoms with E-state index in [2.05, 4.69) is 60.5 Å². The summed E-state index contributed by atoms with van der Waals surface area (Å²) in [6.45, 7) is 8.41. The van der Waals surface area contributed by atoms with Crippen LogP contribution in [0.4, 0.5) is 5.82 Å². The lowest BCUT2D eigenvalue weighted by Gasteiger charge is -2.18. The van der Waals surface area contributed by atoms with Crippen molar-refractivity contribution in [1.29, 1.82) is 0 Å². The highest BCUT2D eigenvalue weighted by molar-refractivity contribution is 5.94. The lowest BCUT2D eigenvalue weighted by atomic mass is 10.1. The van der Waals surface area contributed by atoms with Crippen LogP contribution in [0, 0.1) is 0 Å². The van der Waals surface area contributed by atoms with Gasteiger partial charge in [0.15, 0.2) is 17.3 Å². The zero-order chi connectivity index (χ0) is 23.2. The molecule has 0 saturated carbocycles. The molecule has 0 atom stereocenters. The quantitative estimate of drug-likeness (QED) is 0.321. The van der Waals surface area contributed by atoms with Crippen LogP contribution in [0.15, 0.2) is 54.6 Å². The Morgan fingerprint density at radius 3 is 2.30 bits per heavy atom. The maximum absolute atomic E-state index is 5.53. The van der Waals surface area contributed by atoms with Crippen LogP contribution in [-0.2, 0) is 0 Å². The third kappa shape index (κ3) is 5.01. The number of nitrogens with one attached hydrogen (secondary N) is 1. The SMILES string of the molecule is CCN(CC)CCCNc1nc(-c2ccc3ccccc3c2)nc2cc(OC)c(OC)cc12. The summed E-state index contributed by atoms with van der Waals surface area (Å²) in [6, 6.07) is 18.5. The largest absolute Gasteiger partial charge is 0.493 e. The van der Waals surface area contributed by atoms with E-state index in [0.717, 1.165) is 54.9 Å². The summed E-state index contributed by atoms with van der Waals surface area (Å²) in [5, 5.41) is 6.83. The number of benzene rings is 3. The maximum atomic E-state index is 5.53. The molecule has 0 unspecified atom stereocenters. The van der Waals surface area contributed by atoms with Crippen LogP contribution < -0.4 is 14.8 Å². The van der Waals surface area contributed by atoms with Crippen molar-refractivity contribution in [3.63, 3.8) is 0 Å². The molecular weight excluding hydrogens is 412 g/mol. The fraction of sp³-hybridized carbons (Fsp3) is 0.333. The fourth-order valence-electron chi connectivity index (χ4n) is 4.10. The molecule has 0 aliphatic carbocycles. The highest BCUT2D eigenvalue weighted by Crippen LogP contribution is 2.35. The second kappa shape index (κ2) is 10.5. The van der Waals surface area contributed by atoms with Crippen LogP contribution in [0.2, 0.25) is 0 Å². The van der Waals surface area contributed by atoms with E-state index in [1.807, 2.05) is 18.2 Å². The molecule has 0 aliphatic rings. The molecule has 0 amide bonds. The Hall–Kier alpha value is -3.38. The lowest BCUT2D eigenvalue weighted by molar-refractivity contribution is 0.303. The molecule has 1 heterocycles. The first-order valence-corrected chi connectivity index (χ1v) is 11.6. The number of aromatic nitrogens is 2. The number of fused-ring (bicyclic) bond motifs is 2. The van der Waals surface area contributed by atoms with Crippen molar-refractivity contribution in [2.24, 2.45) is 0 Å². The van der Waals surface area contributed by atoms with E-state index in [4.69, 9.17) is 19.4 Å². The molecule has 3 aromatic carbocycles. The molecule has 4 aromatic rings. The number of nitrogens with zero attached hydrogens (tertiary/aromatic N) is 3. The molecule has 0 aliphatic heterocycles. The molecular formula is C27H32N4O2. The van der Waals surface area contributed by atoms with E-state index in [1.165, 1.54) is 10.8 Å². The van der Waals surface area contributed by atoms with Crippen molar-refractivity contribution in [2.45, 2.75) is 20.3 Å². The summed E-state index contributed by atoms with van der Waals surface area (Å²) >= 11 is 0. The highest BCUT2D eigenvalue weighted by Gasteiger charge is 2.14. The molecule has 0 bridgehead atoms. The third-order valence-corrected chi connectivity index (χ3v) is 6.05. The first-order valence-electron chi connectivity index (χ1n) is 11.6. The van der Waals surface area contributed by atoms with Crippen molar-refractivity contribution in [3.8, 4) is 22.9 Å². The van der Waals surface area contributed by atoms with Gasteiger partial charge in [-0.25, -0.2) is 9.97 Å². The smallest absolute Gasteiger partial charge is 0.162 e. The van der Waals surface area contributed by atoms with Crippen LogP contribution in [0.5, 0.6) is 11.5 Å². The molecule has 1 aromatic heterocycles. The predicted octanol–water partition coefficient (Wildman–Crippen LogP) is 5.61. The predicted molar refractivity (Wildman–Crippen MR) is 136 cm³/mol. The minimum Gasteiger partial charge on any atom is -0.493 e. The van der Waals surface area contributed by atoms with Gasteiger partial charge < -0.3 is 19.7 Å². The molecule has 6 nitrogen and oxygen atoms in total. The Morgan fingerprint density at radius 1 is 0.848 bits per heavy atom. The highest BCUT2D eigenvalue weighted by atomic mass is 16.5. The first-order chi connectivity index (χ1) is 16.2. The number of ether oxygens (including phenoxy) is 2. The van der Waals surface area contributed by atoms with Gasteiger partial charge in [-0.2, -0.15) is 0 Å². The summed E-state index contributed by atoms with van der Waals surface area (Å²) in [5.74, 6) is 2.81. The summed E-state index contributed by atoms with van der Waals surface area (Å²) in [5.41, 5.74) is 1.80. The van der Waals surface area contributed by atoms with Crippen LogP contribution in [0.1, 0.15) is 20.3 Å². The summed E-state index contributed by atoms with van der Waals surface area (Å²) in [4.78, 5) is 12.2. The zero-order valence-electron chi connectivity index (χ0n) is 19.9. The van der Waals surface area contributed by atoms with Gasteiger partial charge in [-0.15, -0.1) is 0 Å². The number of methoxy groups -OCH3 is 2. The van der Waals surface area contributed by atoms with E-state index in [-0.39, 0.29) is 0 Å². The second-order valence-corrected chi connectivity index (χ2v) is 7.99. The molecule has 33 heavy (non-hydrogen) atoms. The second-order valence-electron chi connectivity index (χ2n) is 7.99. The Kier molecular flexibility index (Phi) is 7.25. The van der Waals surface area contributed by atoms with Gasteiger partial charge in [0.1, 0.15) is 5.82 Å². The molecule has 6 heteroatoms. The van der Waals surface area contributed by atoms with Crippen LogP contribution in [-0.4, -0.2) is 55.3 Å². The van der Waals surface area contributed by atoms with Crippen molar-refractivity contribution >= 4 is 27.5 Å². The third-order valence-electron chi connectivity index (χ3n) is 6.05. The Balaban J connectivity index is 1.73. The van der Waals surface area contributed by atoms with Crippen LogP contribution in [0.25, 0.3) is 33.1 Å². The Bertz CT molecular complexity index is 1240. The van der Waals surface area contributed by atoms with Crippen molar-refractivity contribution in [3.05, 3.63) is 54.6 Å². The average molecular weight is 445 g/mol. The molecule has 1 N–H and O–H groups in total. The van der Waals surface area contributed by atoms with Crippen molar-refractivity contribution in [2.75, 3.05) is 45.7 Å². The van der Waals surface area contributed by atoms with Gasteiger partial charge in [-0.3, -0.25) is 0 Å². The lowest BCUT2D eigenvalue weighted by Crippen LogP contribution is -2.25. The molecule has 0 fully saturated rings. The van der Waals surface area contributed by atoms with E-state index in [0.29, 0.717) is 17.3 Å². The molecule has 0 saturated heterocycles. The van der Waals surface area contributed by atoms with Gasteiger partial charge in [0, 0.05) is 23.6 Å². The summed E-state index contributed by atoms with van der Waals surface area (Å²) < 4.78 is 11.1. The molecule has 4 rings (SSSR count). The van der Waals surface area contributed by atoms with Gasteiger partial charge in [0.05, 0.1) is 19.7 Å². The van der Waals surface area contributed by atoms with Crippen molar-refractivity contribution in [1.82, 2.24) is 14.9 Å². The van der Waals surface area contributed by atoms with Crippen LogP contribution in [0.3, 0.4) is 0 Å². The molecule has 0 radical (unpaired) electrons. The summed E-state index contributed by atoms with van der Waals surface area (Å²) in [7, 11) is 3.28. The zero-order valence-corrected chi connectivity index (χ0v) is 19.9. The Morgan fingerprint density at radius 2 is 1.58 bits per heavy atom. The van der Waals surface area contributed by atoms with E-state index in [9.17, 15) is 0 Å². The normalized spacial score (nSPS) is 11.3. The number of anilines is 1. The van der Waals surface area contributed by atoms with Gasteiger partial charge in [0.2, 0.25) is 0 Å². The standard InChI is InChI=1S/C27H32N4O2/c1-5-31(6-2)15-9-14-28-27-22-17-24(32-3)25(33-4)18-23(22)29-26(30-27)21-13-12-19-10-7-8-11-20(19)16-21/h7-8,10-13,16-18H,5-6,9,14-15H2,1-4H3,(H,28,29,30). The van der Waals surface area contributed by atoms with E-state index >= 15 is 0 Å². The number of hydrogen-bond acceptors (Lipinski definition) is 6. The Labute approximate surface area is 195 Å². The molecule has 0 spiro atoms. The van der Waals surface area contributed by atoms with Crippen LogP contribution >= 0.6 is 0 Å². The average Bonchev–Trinajstić information content (AvgIpc) is 2.87.